The van der Waals surface area contributed by atoms with E-state index < -0.39 is 0 Å². The molecule has 0 amide bonds. The third-order valence-electron chi connectivity index (χ3n) is 7.21. The number of hydrogen-bond acceptors (Lipinski definition) is 5. The van der Waals surface area contributed by atoms with Crippen molar-refractivity contribution in [2.24, 2.45) is 0 Å². The SMILES string of the molecule is c1ccc(-c2nc(-c3ccc4ccccc4c3)nc(-c3cccc4c3ccc3c5cnccc5sc43)n2)cc1. The molecule has 0 atom stereocenters. The van der Waals surface area contributed by atoms with Crippen LogP contribution in [0.25, 0.3) is 75.9 Å². The number of thiophene rings is 1. The molecule has 8 aromatic rings. The Morgan fingerprint density at radius 2 is 1.23 bits per heavy atom. The Labute approximate surface area is 228 Å². The molecule has 0 unspecified atom stereocenters. The van der Waals surface area contributed by atoms with Crippen LogP contribution in [0, 0.1) is 0 Å². The smallest absolute Gasteiger partial charge is 0.164 e. The van der Waals surface area contributed by atoms with Crippen LogP contribution in [0.15, 0.2) is 122 Å². The number of aromatic nitrogens is 4. The predicted molar refractivity (Wildman–Crippen MR) is 162 cm³/mol. The minimum Gasteiger partial charge on any atom is -0.264 e. The number of hydrogen-bond donors (Lipinski definition) is 0. The first-order chi connectivity index (χ1) is 19.3. The van der Waals surface area contributed by atoms with E-state index in [-0.39, 0.29) is 0 Å². The summed E-state index contributed by atoms with van der Waals surface area (Å²) in [5, 5.41) is 7.08. The monoisotopic (exact) mass is 516 g/mol. The first kappa shape index (κ1) is 22.0. The molecule has 0 aliphatic heterocycles. The molecule has 5 heteroatoms. The second kappa shape index (κ2) is 8.79. The van der Waals surface area contributed by atoms with Gasteiger partial charge in [0.1, 0.15) is 0 Å². The van der Waals surface area contributed by atoms with Crippen molar-refractivity contribution in [1.29, 1.82) is 0 Å². The quantitative estimate of drug-likeness (QED) is 0.235. The lowest BCUT2D eigenvalue weighted by atomic mass is 10.0. The highest BCUT2D eigenvalue weighted by molar-refractivity contribution is 7.26. The van der Waals surface area contributed by atoms with Gasteiger partial charge < -0.3 is 0 Å². The normalized spacial score (nSPS) is 11.6. The Balaban J connectivity index is 1.38. The second-order valence-electron chi connectivity index (χ2n) is 9.55. The highest BCUT2D eigenvalue weighted by Crippen LogP contribution is 2.40. The van der Waals surface area contributed by atoms with Gasteiger partial charge >= 0.3 is 0 Å². The maximum Gasteiger partial charge on any atom is 0.164 e. The summed E-state index contributed by atoms with van der Waals surface area (Å²) < 4.78 is 2.49. The molecule has 3 aromatic heterocycles. The zero-order valence-corrected chi connectivity index (χ0v) is 21.6. The first-order valence-corrected chi connectivity index (χ1v) is 13.6. The molecule has 0 bridgehead atoms. The molecule has 0 saturated carbocycles. The standard InChI is InChI=1S/C34H20N4S/c1-2-8-22(9-3-1)32-36-33(24-14-13-21-7-4-5-10-23(21)19-24)38-34(37-32)28-12-6-11-26-25(28)15-16-27-29-20-35-18-17-30(29)39-31(26)27/h1-20H. The average molecular weight is 517 g/mol. The van der Waals surface area contributed by atoms with Crippen LogP contribution in [-0.2, 0) is 0 Å². The molecule has 0 aliphatic rings. The fourth-order valence-corrected chi connectivity index (χ4v) is 6.50. The Bertz CT molecular complexity index is 2180. The third kappa shape index (κ3) is 3.67. The Hall–Kier alpha value is -5.00. The molecule has 4 nitrogen and oxygen atoms in total. The van der Waals surface area contributed by atoms with Gasteiger partial charge in [-0.3, -0.25) is 4.98 Å². The van der Waals surface area contributed by atoms with E-state index in [1.807, 2.05) is 42.7 Å². The van der Waals surface area contributed by atoms with Gasteiger partial charge in [-0.15, -0.1) is 11.3 Å². The van der Waals surface area contributed by atoms with Gasteiger partial charge in [0.2, 0.25) is 0 Å². The lowest BCUT2D eigenvalue weighted by Crippen LogP contribution is -2.00. The van der Waals surface area contributed by atoms with Crippen LogP contribution < -0.4 is 0 Å². The zero-order chi connectivity index (χ0) is 25.8. The van der Waals surface area contributed by atoms with Gasteiger partial charge in [0.05, 0.1) is 0 Å². The van der Waals surface area contributed by atoms with Gasteiger partial charge in [0, 0.05) is 54.6 Å². The molecule has 0 spiro atoms. The molecular formula is C34H20N4S. The van der Waals surface area contributed by atoms with E-state index >= 15 is 0 Å². The van der Waals surface area contributed by atoms with E-state index in [2.05, 4.69) is 83.8 Å². The molecule has 0 saturated heterocycles. The lowest BCUT2D eigenvalue weighted by molar-refractivity contribution is 1.08. The minimum atomic E-state index is 0.662. The Morgan fingerprint density at radius 1 is 0.487 bits per heavy atom. The minimum absolute atomic E-state index is 0.662. The summed E-state index contributed by atoms with van der Waals surface area (Å²) in [6, 6.07) is 37.7. The fourth-order valence-electron chi connectivity index (χ4n) is 5.30. The maximum atomic E-state index is 5.05. The molecular weight excluding hydrogens is 496 g/mol. The van der Waals surface area contributed by atoms with Crippen molar-refractivity contribution in [3.63, 3.8) is 0 Å². The number of rotatable bonds is 3. The van der Waals surface area contributed by atoms with Crippen LogP contribution in [0.2, 0.25) is 0 Å². The number of nitrogens with zero attached hydrogens (tertiary/aromatic N) is 4. The van der Waals surface area contributed by atoms with Crippen LogP contribution >= 0.6 is 11.3 Å². The second-order valence-corrected chi connectivity index (χ2v) is 10.6. The summed E-state index contributed by atoms with van der Waals surface area (Å²) in [6.45, 7) is 0. The molecule has 0 N–H and O–H groups in total. The summed E-state index contributed by atoms with van der Waals surface area (Å²) in [5.74, 6) is 1.99. The number of fused-ring (bicyclic) bond motifs is 6. The van der Waals surface area contributed by atoms with Crippen molar-refractivity contribution >= 4 is 53.1 Å². The van der Waals surface area contributed by atoms with Crippen molar-refractivity contribution in [2.45, 2.75) is 0 Å². The summed E-state index contributed by atoms with van der Waals surface area (Å²) in [4.78, 5) is 19.4. The van der Waals surface area contributed by atoms with Crippen LogP contribution in [0.3, 0.4) is 0 Å². The van der Waals surface area contributed by atoms with Gasteiger partial charge in [-0.25, -0.2) is 15.0 Å². The maximum absolute atomic E-state index is 5.05. The van der Waals surface area contributed by atoms with E-state index in [9.17, 15) is 0 Å². The summed E-state index contributed by atoms with van der Waals surface area (Å²) in [7, 11) is 0. The van der Waals surface area contributed by atoms with Crippen molar-refractivity contribution in [3.8, 4) is 34.2 Å². The lowest BCUT2D eigenvalue weighted by Gasteiger charge is -2.11. The zero-order valence-electron chi connectivity index (χ0n) is 20.7. The molecule has 0 fully saturated rings. The van der Waals surface area contributed by atoms with E-state index in [1.54, 1.807) is 11.3 Å². The van der Waals surface area contributed by atoms with Gasteiger partial charge in [0.25, 0.3) is 0 Å². The van der Waals surface area contributed by atoms with E-state index in [0.717, 1.165) is 27.5 Å². The van der Waals surface area contributed by atoms with Crippen molar-refractivity contribution in [3.05, 3.63) is 122 Å². The molecule has 8 rings (SSSR count). The highest BCUT2D eigenvalue weighted by atomic mass is 32.1. The number of pyridine rings is 1. The van der Waals surface area contributed by atoms with Gasteiger partial charge in [0.15, 0.2) is 17.5 Å². The van der Waals surface area contributed by atoms with Crippen LogP contribution in [-0.4, -0.2) is 19.9 Å². The van der Waals surface area contributed by atoms with Gasteiger partial charge in [-0.1, -0.05) is 97.1 Å². The molecule has 3 heterocycles. The molecule has 5 aromatic carbocycles. The third-order valence-corrected chi connectivity index (χ3v) is 8.43. The van der Waals surface area contributed by atoms with Gasteiger partial charge in [-0.05, 0) is 28.3 Å². The molecule has 39 heavy (non-hydrogen) atoms. The Kier molecular flexibility index (Phi) is 4.96. The largest absolute Gasteiger partial charge is 0.264 e. The summed E-state index contributed by atoms with van der Waals surface area (Å²) in [5.41, 5.74) is 2.92. The highest BCUT2D eigenvalue weighted by Gasteiger charge is 2.16. The van der Waals surface area contributed by atoms with Gasteiger partial charge in [-0.2, -0.15) is 0 Å². The van der Waals surface area contributed by atoms with Crippen molar-refractivity contribution < 1.29 is 0 Å². The Morgan fingerprint density at radius 3 is 2.13 bits per heavy atom. The van der Waals surface area contributed by atoms with Crippen LogP contribution in [0.4, 0.5) is 0 Å². The number of benzene rings is 5. The molecule has 0 aliphatic carbocycles. The topological polar surface area (TPSA) is 51.6 Å². The van der Waals surface area contributed by atoms with Crippen LogP contribution in [0.1, 0.15) is 0 Å². The van der Waals surface area contributed by atoms with E-state index in [1.165, 1.54) is 30.9 Å². The van der Waals surface area contributed by atoms with Crippen LogP contribution in [0.5, 0.6) is 0 Å². The predicted octanol–water partition coefficient (Wildman–Crippen LogP) is 8.94. The van der Waals surface area contributed by atoms with Crippen molar-refractivity contribution in [1.82, 2.24) is 19.9 Å². The molecule has 182 valence electrons. The van der Waals surface area contributed by atoms with E-state index in [0.29, 0.717) is 17.5 Å². The molecule has 0 radical (unpaired) electrons. The van der Waals surface area contributed by atoms with Crippen molar-refractivity contribution in [2.75, 3.05) is 0 Å². The summed E-state index contributed by atoms with van der Waals surface area (Å²) >= 11 is 1.80. The first-order valence-electron chi connectivity index (χ1n) is 12.8. The summed E-state index contributed by atoms with van der Waals surface area (Å²) in [6.07, 6.45) is 3.81. The fraction of sp³-hybridized carbons (Fsp3) is 0. The average Bonchev–Trinajstić information content (AvgIpc) is 3.40. The van der Waals surface area contributed by atoms with E-state index in [4.69, 9.17) is 15.0 Å².